The average Bonchev–Trinajstić information content (AvgIpc) is 2.16. The van der Waals surface area contributed by atoms with Gasteiger partial charge in [0.25, 0.3) is 12.1 Å². The molecule has 80 valence electrons. The van der Waals surface area contributed by atoms with Gasteiger partial charge in [-0.2, -0.15) is 0 Å². The number of alkyl halides is 2. The minimum Gasteiger partial charge on any atom is -0.475 e. The van der Waals surface area contributed by atoms with Gasteiger partial charge in [0.05, 0.1) is 0 Å². The Balaban J connectivity index is 3.33. The van der Waals surface area contributed by atoms with Gasteiger partial charge in [0.2, 0.25) is 0 Å². The fraction of sp³-hybridized carbons (Fsp3) is 0.143. The molecule has 0 bridgehead atoms. The van der Waals surface area contributed by atoms with Crippen LogP contribution < -0.4 is 0 Å². The molecular weight excluding hydrogens is 214 g/mol. The Bertz CT molecular complexity index is 421. The van der Waals surface area contributed by atoms with Gasteiger partial charge in [0.15, 0.2) is 0 Å². The van der Waals surface area contributed by atoms with E-state index in [1.165, 1.54) is 0 Å². The molecule has 6 nitrogen and oxygen atoms in total. The molecule has 0 fully saturated rings. The van der Waals surface area contributed by atoms with Crippen molar-refractivity contribution in [3.05, 3.63) is 33.5 Å². The summed E-state index contributed by atoms with van der Waals surface area (Å²) in [4.78, 5) is 22.6. The van der Waals surface area contributed by atoms with Crippen molar-refractivity contribution in [1.29, 1.82) is 0 Å². The van der Waals surface area contributed by atoms with Crippen molar-refractivity contribution in [2.75, 3.05) is 0 Å². The molecule has 1 aromatic heterocycles. The fourth-order valence-electron chi connectivity index (χ4n) is 0.895. The Morgan fingerprint density at radius 2 is 2.13 bits per heavy atom. The van der Waals surface area contributed by atoms with E-state index in [0.717, 1.165) is 6.07 Å². The maximum Gasteiger partial charge on any atom is 0.380 e. The van der Waals surface area contributed by atoms with Crippen molar-refractivity contribution < 1.29 is 23.6 Å². The lowest BCUT2D eigenvalue weighted by molar-refractivity contribution is -0.391. The number of rotatable bonds is 3. The summed E-state index contributed by atoms with van der Waals surface area (Å²) >= 11 is 0. The molecule has 0 aliphatic heterocycles. The molecule has 0 unspecified atom stereocenters. The zero-order valence-corrected chi connectivity index (χ0v) is 7.05. The van der Waals surface area contributed by atoms with Crippen molar-refractivity contribution in [1.82, 2.24) is 4.98 Å². The highest BCUT2D eigenvalue weighted by Gasteiger charge is 2.26. The molecule has 0 aliphatic rings. The normalized spacial score (nSPS) is 10.3. The topological polar surface area (TPSA) is 93.3 Å². The number of nitrogens with zero attached hydrogens (tertiary/aromatic N) is 2. The first kappa shape index (κ1) is 11.0. The predicted molar refractivity (Wildman–Crippen MR) is 42.8 cm³/mol. The summed E-state index contributed by atoms with van der Waals surface area (Å²) in [7, 11) is 0. The third kappa shape index (κ3) is 2.22. The number of aromatic carboxylic acids is 1. The summed E-state index contributed by atoms with van der Waals surface area (Å²) < 4.78 is 24.5. The lowest BCUT2D eigenvalue weighted by Gasteiger charge is -2.00. The highest BCUT2D eigenvalue weighted by molar-refractivity contribution is 5.85. The molecule has 0 amide bonds. The largest absolute Gasteiger partial charge is 0.475 e. The second-order valence-corrected chi connectivity index (χ2v) is 2.47. The summed E-state index contributed by atoms with van der Waals surface area (Å²) in [6.45, 7) is 0. The Morgan fingerprint density at radius 3 is 2.53 bits per heavy atom. The highest BCUT2D eigenvalue weighted by Crippen LogP contribution is 2.26. The van der Waals surface area contributed by atoms with E-state index in [9.17, 15) is 23.7 Å². The average molecular weight is 218 g/mol. The summed E-state index contributed by atoms with van der Waals surface area (Å²) in [6.07, 6.45) is -3.07. The molecule has 0 atom stereocenters. The van der Waals surface area contributed by atoms with E-state index in [0.29, 0.717) is 6.07 Å². The minimum atomic E-state index is -3.07. The molecule has 1 aromatic rings. The molecule has 1 N–H and O–H groups in total. The van der Waals surface area contributed by atoms with Crippen LogP contribution in [0.3, 0.4) is 0 Å². The van der Waals surface area contributed by atoms with Crippen LogP contribution in [0.4, 0.5) is 14.6 Å². The van der Waals surface area contributed by atoms with E-state index in [2.05, 4.69) is 4.98 Å². The maximum atomic E-state index is 12.2. The van der Waals surface area contributed by atoms with Crippen LogP contribution in [-0.4, -0.2) is 21.0 Å². The van der Waals surface area contributed by atoms with Crippen LogP contribution in [0.2, 0.25) is 0 Å². The first-order chi connectivity index (χ1) is 6.93. The lowest BCUT2D eigenvalue weighted by atomic mass is 10.2. The van der Waals surface area contributed by atoms with Crippen LogP contribution in [0.15, 0.2) is 12.1 Å². The number of halogens is 2. The quantitative estimate of drug-likeness (QED) is 0.614. The lowest BCUT2D eigenvalue weighted by Crippen LogP contribution is -2.06. The zero-order chi connectivity index (χ0) is 11.6. The van der Waals surface area contributed by atoms with Gasteiger partial charge in [-0.25, -0.2) is 13.6 Å². The van der Waals surface area contributed by atoms with Gasteiger partial charge < -0.3 is 15.2 Å². The Morgan fingerprint density at radius 1 is 1.53 bits per heavy atom. The highest BCUT2D eigenvalue weighted by atomic mass is 19.3. The van der Waals surface area contributed by atoms with Gasteiger partial charge in [-0.3, -0.25) is 0 Å². The number of carboxylic acids is 1. The van der Waals surface area contributed by atoms with Gasteiger partial charge >= 0.3 is 11.8 Å². The van der Waals surface area contributed by atoms with E-state index >= 15 is 0 Å². The van der Waals surface area contributed by atoms with Crippen LogP contribution in [-0.2, 0) is 0 Å². The van der Waals surface area contributed by atoms with Gasteiger partial charge in [-0.05, 0) is 22.0 Å². The molecule has 15 heavy (non-hydrogen) atoms. The van der Waals surface area contributed by atoms with Crippen LogP contribution in [0.5, 0.6) is 0 Å². The molecule has 0 aliphatic carbocycles. The molecule has 0 saturated carbocycles. The Kier molecular flexibility index (Phi) is 2.88. The number of aromatic nitrogens is 1. The number of hydrogen-bond acceptors (Lipinski definition) is 4. The summed E-state index contributed by atoms with van der Waals surface area (Å²) in [6, 6.07) is 1.47. The summed E-state index contributed by atoms with van der Waals surface area (Å²) in [5.41, 5.74) is -1.55. The number of pyridine rings is 1. The van der Waals surface area contributed by atoms with Crippen molar-refractivity contribution in [3.63, 3.8) is 0 Å². The minimum absolute atomic E-state index is 0.647. The van der Waals surface area contributed by atoms with E-state index in [-0.39, 0.29) is 0 Å². The molecular formula is C7H4F2N2O4. The number of hydrogen-bond donors (Lipinski definition) is 1. The van der Waals surface area contributed by atoms with E-state index in [1.807, 2.05) is 0 Å². The van der Waals surface area contributed by atoms with E-state index in [1.54, 1.807) is 0 Å². The van der Waals surface area contributed by atoms with Gasteiger partial charge in [-0.15, -0.1) is 0 Å². The SMILES string of the molecule is O=C(O)c1ccc(C(F)F)c([N+](=O)[O-])n1. The Labute approximate surface area is 81.3 Å². The fourth-order valence-corrected chi connectivity index (χ4v) is 0.895. The second-order valence-electron chi connectivity index (χ2n) is 2.47. The Hall–Kier alpha value is -2.12. The van der Waals surface area contributed by atoms with Crippen LogP contribution >= 0.6 is 0 Å². The van der Waals surface area contributed by atoms with Gasteiger partial charge in [-0.1, -0.05) is 0 Å². The first-order valence-corrected chi connectivity index (χ1v) is 3.60. The monoisotopic (exact) mass is 218 g/mol. The number of carbonyl (C=O) groups is 1. The third-order valence-corrected chi connectivity index (χ3v) is 1.53. The van der Waals surface area contributed by atoms with E-state index in [4.69, 9.17) is 5.11 Å². The van der Waals surface area contributed by atoms with Crippen LogP contribution in [0.25, 0.3) is 0 Å². The molecule has 1 heterocycles. The maximum absolute atomic E-state index is 12.2. The predicted octanol–water partition coefficient (Wildman–Crippen LogP) is 1.63. The summed E-state index contributed by atoms with van der Waals surface area (Å²) in [5, 5.41) is 18.8. The second kappa shape index (κ2) is 3.95. The van der Waals surface area contributed by atoms with Crippen molar-refractivity contribution in [2.45, 2.75) is 6.43 Å². The van der Waals surface area contributed by atoms with Crippen molar-refractivity contribution >= 4 is 11.8 Å². The standard InChI is InChI=1S/C7H4F2N2O4/c8-5(9)3-1-2-4(7(12)13)10-6(3)11(14)15/h1-2,5H,(H,12,13). The molecule has 0 aromatic carbocycles. The molecule has 0 spiro atoms. The zero-order valence-electron chi connectivity index (χ0n) is 7.05. The van der Waals surface area contributed by atoms with Crippen LogP contribution in [0, 0.1) is 10.1 Å². The van der Waals surface area contributed by atoms with E-state index < -0.39 is 34.4 Å². The van der Waals surface area contributed by atoms with Crippen molar-refractivity contribution in [3.8, 4) is 0 Å². The number of nitro groups is 1. The number of carboxylic acid groups (broad SMARTS) is 1. The molecule has 8 heteroatoms. The van der Waals surface area contributed by atoms with Gasteiger partial charge in [0, 0.05) is 0 Å². The third-order valence-electron chi connectivity index (χ3n) is 1.53. The smallest absolute Gasteiger partial charge is 0.380 e. The van der Waals surface area contributed by atoms with Crippen LogP contribution in [0.1, 0.15) is 22.5 Å². The molecule has 0 radical (unpaired) electrons. The van der Waals surface area contributed by atoms with Gasteiger partial charge in [0.1, 0.15) is 5.56 Å². The molecule has 1 rings (SSSR count). The molecule has 0 saturated heterocycles. The van der Waals surface area contributed by atoms with Crippen molar-refractivity contribution in [2.24, 2.45) is 0 Å². The summed E-state index contributed by atoms with van der Waals surface area (Å²) in [5.74, 6) is -2.65. The first-order valence-electron chi connectivity index (χ1n) is 3.60.